The summed E-state index contributed by atoms with van der Waals surface area (Å²) in [6.07, 6.45) is 4.16. The van der Waals surface area contributed by atoms with Gasteiger partial charge in [-0.1, -0.05) is 6.08 Å². The van der Waals surface area contributed by atoms with Crippen LogP contribution in [0.2, 0.25) is 0 Å². The third-order valence-corrected chi connectivity index (χ3v) is 2.30. The molecule has 0 saturated carbocycles. The van der Waals surface area contributed by atoms with Gasteiger partial charge < -0.3 is 9.84 Å². The van der Waals surface area contributed by atoms with Crippen LogP contribution in [0.15, 0.2) is 11.6 Å². The molecule has 0 aliphatic carbocycles. The van der Waals surface area contributed by atoms with E-state index in [1.165, 1.54) is 5.57 Å². The first-order valence-electron chi connectivity index (χ1n) is 4.22. The Hall–Kier alpha value is -0.340. The monoisotopic (exact) mass is 156 g/mol. The smallest absolute Gasteiger partial charge is 0.0644 e. The van der Waals surface area contributed by atoms with Gasteiger partial charge in [-0.3, -0.25) is 0 Å². The number of aliphatic hydroxyl groups excluding tert-OH is 1. The third-order valence-electron chi connectivity index (χ3n) is 2.30. The first kappa shape index (κ1) is 8.75. The number of aliphatic hydroxyl groups is 1. The Bertz CT molecular complexity index is 134. The first-order chi connectivity index (χ1) is 5.38. The molecule has 0 bridgehead atoms. The van der Waals surface area contributed by atoms with Gasteiger partial charge in [0.1, 0.15) is 0 Å². The molecule has 64 valence electrons. The number of rotatable bonds is 2. The van der Waals surface area contributed by atoms with Crippen molar-refractivity contribution < 1.29 is 9.84 Å². The molecule has 0 radical (unpaired) electrons. The average molecular weight is 156 g/mol. The summed E-state index contributed by atoms with van der Waals surface area (Å²) in [5.41, 5.74) is 1.17. The van der Waals surface area contributed by atoms with Crippen molar-refractivity contribution in [1.29, 1.82) is 0 Å². The fourth-order valence-electron chi connectivity index (χ4n) is 1.52. The lowest BCUT2D eigenvalue weighted by Gasteiger charge is -2.23. The van der Waals surface area contributed by atoms with Gasteiger partial charge in [-0.2, -0.15) is 0 Å². The molecule has 0 aromatic rings. The Morgan fingerprint density at radius 3 is 2.64 bits per heavy atom. The molecule has 1 aliphatic heterocycles. The van der Waals surface area contributed by atoms with Gasteiger partial charge in [0.2, 0.25) is 0 Å². The lowest BCUT2D eigenvalue weighted by molar-refractivity contribution is 0.0728. The van der Waals surface area contributed by atoms with Crippen LogP contribution in [0.4, 0.5) is 0 Å². The Kier molecular flexibility index (Phi) is 3.60. The number of allylic oxidation sites excluding steroid dienone is 1. The van der Waals surface area contributed by atoms with E-state index in [-0.39, 0.29) is 6.61 Å². The van der Waals surface area contributed by atoms with Crippen LogP contribution in [0.25, 0.3) is 0 Å². The molecule has 1 saturated heterocycles. The van der Waals surface area contributed by atoms with E-state index in [0.717, 1.165) is 26.1 Å². The van der Waals surface area contributed by atoms with E-state index in [4.69, 9.17) is 9.84 Å². The Labute approximate surface area is 67.9 Å². The average Bonchev–Trinajstić information content (AvgIpc) is 2.09. The topological polar surface area (TPSA) is 29.5 Å². The first-order valence-corrected chi connectivity index (χ1v) is 4.22. The zero-order valence-electron chi connectivity index (χ0n) is 7.05. The highest BCUT2D eigenvalue weighted by Crippen LogP contribution is 2.22. The van der Waals surface area contributed by atoms with Gasteiger partial charge in [-0.15, -0.1) is 0 Å². The molecule has 0 amide bonds. The quantitative estimate of drug-likeness (QED) is 0.611. The Balaban J connectivity index is 2.43. The van der Waals surface area contributed by atoms with Crippen LogP contribution in [0.5, 0.6) is 0 Å². The molecule has 0 unspecified atom stereocenters. The highest BCUT2D eigenvalue weighted by molar-refractivity contribution is 5.06. The molecule has 2 heteroatoms. The highest BCUT2D eigenvalue weighted by Gasteiger charge is 2.16. The van der Waals surface area contributed by atoms with Gasteiger partial charge in [-0.25, -0.2) is 0 Å². The minimum absolute atomic E-state index is 0.209. The van der Waals surface area contributed by atoms with Crippen LogP contribution < -0.4 is 0 Å². The van der Waals surface area contributed by atoms with E-state index in [1.54, 1.807) is 0 Å². The largest absolute Gasteiger partial charge is 0.392 e. The molecule has 1 aliphatic rings. The Morgan fingerprint density at radius 2 is 2.18 bits per heavy atom. The van der Waals surface area contributed by atoms with Gasteiger partial charge >= 0.3 is 0 Å². The van der Waals surface area contributed by atoms with Gasteiger partial charge in [-0.05, 0) is 31.3 Å². The van der Waals surface area contributed by atoms with Crippen LogP contribution in [0, 0.1) is 5.92 Å². The van der Waals surface area contributed by atoms with Crippen LogP contribution in [0.3, 0.4) is 0 Å². The lowest BCUT2D eigenvalue weighted by atomic mass is 9.92. The highest BCUT2D eigenvalue weighted by atomic mass is 16.5. The summed E-state index contributed by atoms with van der Waals surface area (Å²) in [6, 6.07) is 0. The zero-order chi connectivity index (χ0) is 8.10. The fraction of sp³-hybridized carbons (Fsp3) is 0.778. The van der Waals surface area contributed by atoms with Crippen molar-refractivity contribution in [2.24, 2.45) is 5.92 Å². The minimum Gasteiger partial charge on any atom is -0.392 e. The molecule has 2 nitrogen and oxygen atoms in total. The third kappa shape index (κ3) is 2.31. The van der Waals surface area contributed by atoms with Gasteiger partial charge in [0.05, 0.1) is 6.61 Å². The molecule has 11 heavy (non-hydrogen) atoms. The molecular weight excluding hydrogens is 140 g/mol. The van der Waals surface area contributed by atoms with Crippen molar-refractivity contribution >= 4 is 0 Å². The predicted octanol–water partition coefficient (Wildman–Crippen LogP) is 1.35. The van der Waals surface area contributed by atoms with Crippen molar-refractivity contribution in [3.8, 4) is 0 Å². The van der Waals surface area contributed by atoms with Crippen molar-refractivity contribution in [1.82, 2.24) is 0 Å². The second-order valence-corrected chi connectivity index (χ2v) is 2.91. The molecule has 1 fully saturated rings. The number of hydrogen-bond donors (Lipinski definition) is 1. The van der Waals surface area contributed by atoms with E-state index in [1.807, 2.05) is 13.0 Å². The van der Waals surface area contributed by atoms with Crippen molar-refractivity contribution in [3.05, 3.63) is 11.6 Å². The van der Waals surface area contributed by atoms with Gasteiger partial charge in [0, 0.05) is 13.2 Å². The summed E-state index contributed by atoms with van der Waals surface area (Å²) >= 11 is 0. The molecular formula is C9H16O2. The van der Waals surface area contributed by atoms with E-state index in [2.05, 4.69) is 0 Å². The molecule has 0 aromatic heterocycles. The number of ether oxygens (including phenoxy) is 1. The van der Waals surface area contributed by atoms with Crippen LogP contribution in [-0.2, 0) is 4.74 Å². The summed E-state index contributed by atoms with van der Waals surface area (Å²) in [5, 5.41) is 8.97. The molecule has 1 rings (SSSR count). The van der Waals surface area contributed by atoms with Crippen molar-refractivity contribution in [3.63, 3.8) is 0 Å². The summed E-state index contributed by atoms with van der Waals surface area (Å²) < 4.78 is 5.23. The van der Waals surface area contributed by atoms with E-state index in [0.29, 0.717) is 5.92 Å². The van der Waals surface area contributed by atoms with Gasteiger partial charge in [0.15, 0.2) is 0 Å². The maximum Gasteiger partial charge on any atom is 0.0644 e. The summed E-state index contributed by atoms with van der Waals surface area (Å²) in [7, 11) is 0. The molecule has 0 atom stereocenters. The normalized spacial score (nSPS) is 22.2. The summed E-state index contributed by atoms with van der Waals surface area (Å²) in [4.78, 5) is 0. The second-order valence-electron chi connectivity index (χ2n) is 2.91. The minimum atomic E-state index is 0.209. The summed E-state index contributed by atoms with van der Waals surface area (Å²) in [6.45, 7) is 3.90. The van der Waals surface area contributed by atoms with Crippen LogP contribution >= 0.6 is 0 Å². The van der Waals surface area contributed by atoms with Gasteiger partial charge in [0.25, 0.3) is 0 Å². The molecule has 1 N–H and O–H groups in total. The molecule has 0 aromatic carbocycles. The van der Waals surface area contributed by atoms with Crippen molar-refractivity contribution in [2.75, 3.05) is 19.8 Å². The molecule has 1 heterocycles. The maximum absolute atomic E-state index is 8.97. The fourth-order valence-corrected chi connectivity index (χ4v) is 1.52. The maximum atomic E-state index is 8.97. The Morgan fingerprint density at radius 1 is 1.55 bits per heavy atom. The van der Waals surface area contributed by atoms with E-state index < -0.39 is 0 Å². The SMILES string of the molecule is C/C=C(/CO)C1CCOCC1. The second kappa shape index (κ2) is 4.52. The zero-order valence-corrected chi connectivity index (χ0v) is 7.05. The summed E-state index contributed by atoms with van der Waals surface area (Å²) in [5.74, 6) is 0.568. The lowest BCUT2D eigenvalue weighted by Crippen LogP contribution is -2.18. The van der Waals surface area contributed by atoms with Crippen LogP contribution in [-0.4, -0.2) is 24.9 Å². The molecule has 0 spiro atoms. The van der Waals surface area contributed by atoms with Crippen molar-refractivity contribution in [2.45, 2.75) is 19.8 Å². The predicted molar refractivity (Wildman–Crippen MR) is 44.4 cm³/mol. The van der Waals surface area contributed by atoms with E-state index in [9.17, 15) is 0 Å². The van der Waals surface area contributed by atoms with Crippen LogP contribution in [0.1, 0.15) is 19.8 Å². The number of hydrogen-bond acceptors (Lipinski definition) is 2. The standard InChI is InChI=1S/C9H16O2/c1-2-8(7-10)9-3-5-11-6-4-9/h2,9-10H,3-7H2,1H3/b8-2-. The van der Waals surface area contributed by atoms with E-state index >= 15 is 0 Å².